The number of carbonyl (C=O) groups is 1. The number of quaternary nitrogens is 1. The summed E-state index contributed by atoms with van der Waals surface area (Å²) in [5.74, 6) is 0.187. The number of nitrogens with zero attached hydrogens (tertiary/aromatic N) is 1. The molecule has 2 heterocycles. The maximum atomic E-state index is 11.9. The molecule has 0 radical (unpaired) electrons. The van der Waals surface area contributed by atoms with Gasteiger partial charge in [-0.15, -0.1) is 11.3 Å². The van der Waals surface area contributed by atoms with Crippen LogP contribution in [0.3, 0.4) is 0 Å². The van der Waals surface area contributed by atoms with Crippen molar-refractivity contribution in [2.45, 2.75) is 18.9 Å². The Bertz CT molecular complexity index is 302. The van der Waals surface area contributed by atoms with E-state index in [1.807, 2.05) is 22.4 Å². The third-order valence-corrected chi connectivity index (χ3v) is 3.49. The molecule has 1 amide bonds. The molecule has 0 atom stereocenters. The van der Waals surface area contributed by atoms with Gasteiger partial charge in [0.15, 0.2) is 0 Å². The molecule has 76 valence electrons. The summed E-state index contributed by atoms with van der Waals surface area (Å²) in [4.78, 5) is 14.7. The standard InChI is InChI=1S/C10H14N2OS/c11-8-3-5-12(6-4-8)10(13)9-2-1-7-14-9/h1-2,7-8H,3-6,11H2/p+1. The van der Waals surface area contributed by atoms with Crippen molar-refractivity contribution in [3.8, 4) is 0 Å². The minimum absolute atomic E-state index is 0.187. The van der Waals surface area contributed by atoms with Crippen molar-refractivity contribution >= 4 is 17.2 Å². The van der Waals surface area contributed by atoms with E-state index in [0.717, 1.165) is 30.8 Å². The van der Waals surface area contributed by atoms with E-state index in [2.05, 4.69) is 5.73 Å². The Morgan fingerprint density at radius 1 is 1.50 bits per heavy atom. The van der Waals surface area contributed by atoms with Crippen LogP contribution < -0.4 is 5.73 Å². The first-order valence-corrected chi connectivity index (χ1v) is 5.81. The Balaban J connectivity index is 1.99. The van der Waals surface area contributed by atoms with Crippen LogP contribution >= 0.6 is 11.3 Å². The minimum Gasteiger partial charge on any atom is -0.355 e. The minimum atomic E-state index is 0.187. The zero-order chi connectivity index (χ0) is 9.97. The summed E-state index contributed by atoms with van der Waals surface area (Å²) in [6.07, 6.45) is 2.08. The molecule has 4 heteroatoms. The zero-order valence-electron chi connectivity index (χ0n) is 8.11. The summed E-state index contributed by atoms with van der Waals surface area (Å²) in [6, 6.07) is 4.34. The lowest BCUT2D eigenvalue weighted by Crippen LogP contribution is -2.64. The van der Waals surface area contributed by atoms with E-state index < -0.39 is 0 Å². The molecule has 0 aliphatic carbocycles. The smallest absolute Gasteiger partial charge is 0.263 e. The molecule has 3 nitrogen and oxygen atoms in total. The first-order chi connectivity index (χ1) is 6.77. The van der Waals surface area contributed by atoms with Crippen LogP contribution in [0.1, 0.15) is 22.5 Å². The highest BCUT2D eigenvalue weighted by Crippen LogP contribution is 2.15. The fourth-order valence-electron chi connectivity index (χ4n) is 1.69. The van der Waals surface area contributed by atoms with Crippen molar-refractivity contribution in [1.82, 2.24) is 4.90 Å². The highest BCUT2D eigenvalue weighted by molar-refractivity contribution is 7.12. The average Bonchev–Trinajstić information content (AvgIpc) is 2.71. The van der Waals surface area contributed by atoms with Crippen molar-refractivity contribution in [3.05, 3.63) is 22.4 Å². The predicted molar refractivity (Wildman–Crippen MR) is 56.1 cm³/mol. The van der Waals surface area contributed by atoms with Gasteiger partial charge in [0.25, 0.3) is 5.91 Å². The molecule has 0 saturated carbocycles. The van der Waals surface area contributed by atoms with E-state index in [1.54, 1.807) is 0 Å². The molecule has 2 rings (SSSR count). The Morgan fingerprint density at radius 3 is 2.79 bits per heavy atom. The number of hydrogen-bond donors (Lipinski definition) is 1. The lowest BCUT2D eigenvalue weighted by Gasteiger charge is -2.28. The monoisotopic (exact) mass is 211 g/mol. The van der Waals surface area contributed by atoms with Crippen LogP contribution in [0, 0.1) is 0 Å². The SMILES string of the molecule is [NH3+]C1CCN(C(=O)c2cccs2)CC1. The van der Waals surface area contributed by atoms with Crippen molar-refractivity contribution in [1.29, 1.82) is 0 Å². The Labute approximate surface area is 87.5 Å². The van der Waals surface area contributed by atoms with Gasteiger partial charge < -0.3 is 10.6 Å². The summed E-state index contributed by atoms with van der Waals surface area (Å²) in [5, 5.41) is 1.95. The van der Waals surface area contributed by atoms with Gasteiger partial charge in [-0.1, -0.05) is 6.07 Å². The van der Waals surface area contributed by atoms with E-state index >= 15 is 0 Å². The molecule has 0 bridgehead atoms. The van der Waals surface area contributed by atoms with Crippen LogP contribution in [0.2, 0.25) is 0 Å². The number of likely N-dealkylation sites (tertiary alicyclic amines) is 1. The van der Waals surface area contributed by atoms with Crippen molar-refractivity contribution in [3.63, 3.8) is 0 Å². The zero-order valence-corrected chi connectivity index (χ0v) is 8.93. The Hall–Kier alpha value is -0.870. The summed E-state index contributed by atoms with van der Waals surface area (Å²) in [5.41, 5.74) is 4.02. The van der Waals surface area contributed by atoms with Crippen molar-refractivity contribution in [2.24, 2.45) is 0 Å². The highest BCUT2D eigenvalue weighted by atomic mass is 32.1. The number of thiophene rings is 1. The molecule has 1 saturated heterocycles. The lowest BCUT2D eigenvalue weighted by atomic mass is 10.1. The van der Waals surface area contributed by atoms with Crippen LogP contribution in [-0.4, -0.2) is 29.9 Å². The maximum absolute atomic E-state index is 11.9. The van der Waals surface area contributed by atoms with Gasteiger partial charge in [-0.05, 0) is 11.4 Å². The summed E-state index contributed by atoms with van der Waals surface area (Å²) >= 11 is 1.52. The second kappa shape index (κ2) is 4.11. The highest BCUT2D eigenvalue weighted by Gasteiger charge is 2.23. The fraction of sp³-hybridized carbons (Fsp3) is 0.500. The molecule has 0 spiro atoms. The molecule has 3 N–H and O–H groups in total. The van der Waals surface area contributed by atoms with Gasteiger partial charge in [-0.2, -0.15) is 0 Å². The maximum Gasteiger partial charge on any atom is 0.263 e. The third kappa shape index (κ3) is 1.96. The fourth-order valence-corrected chi connectivity index (χ4v) is 2.38. The van der Waals surface area contributed by atoms with Gasteiger partial charge in [0.05, 0.1) is 10.9 Å². The van der Waals surface area contributed by atoms with Crippen LogP contribution in [0.4, 0.5) is 0 Å². The van der Waals surface area contributed by atoms with Gasteiger partial charge >= 0.3 is 0 Å². The van der Waals surface area contributed by atoms with E-state index in [-0.39, 0.29) is 5.91 Å². The first-order valence-electron chi connectivity index (χ1n) is 4.93. The molecule has 14 heavy (non-hydrogen) atoms. The van der Waals surface area contributed by atoms with Crippen LogP contribution in [0.5, 0.6) is 0 Å². The van der Waals surface area contributed by atoms with Crippen molar-refractivity contribution in [2.75, 3.05) is 13.1 Å². The molecular weight excluding hydrogens is 196 g/mol. The quantitative estimate of drug-likeness (QED) is 0.726. The van der Waals surface area contributed by atoms with Gasteiger partial charge in [0, 0.05) is 25.9 Å². The molecule has 0 aromatic carbocycles. The second-order valence-electron chi connectivity index (χ2n) is 3.71. The van der Waals surface area contributed by atoms with Crippen LogP contribution in [-0.2, 0) is 0 Å². The van der Waals surface area contributed by atoms with E-state index in [0.29, 0.717) is 6.04 Å². The molecular formula is C10H15N2OS+. The van der Waals surface area contributed by atoms with E-state index in [1.165, 1.54) is 11.3 Å². The molecule has 1 aliphatic heterocycles. The predicted octanol–water partition coefficient (Wildman–Crippen LogP) is 0.595. The Morgan fingerprint density at radius 2 is 2.21 bits per heavy atom. The van der Waals surface area contributed by atoms with Gasteiger partial charge in [-0.3, -0.25) is 4.79 Å². The number of hydrogen-bond acceptors (Lipinski definition) is 2. The lowest BCUT2D eigenvalue weighted by molar-refractivity contribution is -0.425. The molecule has 0 unspecified atom stereocenters. The largest absolute Gasteiger partial charge is 0.355 e. The molecule has 1 fully saturated rings. The normalized spacial score (nSPS) is 18.5. The van der Waals surface area contributed by atoms with Crippen molar-refractivity contribution < 1.29 is 10.5 Å². The van der Waals surface area contributed by atoms with Gasteiger partial charge in [-0.25, -0.2) is 0 Å². The average molecular weight is 211 g/mol. The number of rotatable bonds is 1. The van der Waals surface area contributed by atoms with Gasteiger partial charge in [0.2, 0.25) is 0 Å². The number of piperidine rings is 1. The third-order valence-electron chi connectivity index (χ3n) is 2.63. The van der Waals surface area contributed by atoms with E-state index in [9.17, 15) is 4.79 Å². The van der Waals surface area contributed by atoms with E-state index in [4.69, 9.17) is 0 Å². The number of amides is 1. The molecule has 1 aromatic heterocycles. The number of carbonyl (C=O) groups excluding carboxylic acids is 1. The Kier molecular flexibility index (Phi) is 2.84. The van der Waals surface area contributed by atoms with Crippen LogP contribution in [0.25, 0.3) is 0 Å². The summed E-state index contributed by atoms with van der Waals surface area (Å²) in [7, 11) is 0. The first kappa shape index (κ1) is 9.68. The summed E-state index contributed by atoms with van der Waals surface area (Å²) in [6.45, 7) is 1.73. The molecule has 1 aromatic rings. The summed E-state index contributed by atoms with van der Waals surface area (Å²) < 4.78 is 0. The molecule has 1 aliphatic rings. The second-order valence-corrected chi connectivity index (χ2v) is 4.66. The van der Waals surface area contributed by atoms with Crippen LogP contribution in [0.15, 0.2) is 17.5 Å². The van der Waals surface area contributed by atoms with Gasteiger partial charge in [0.1, 0.15) is 0 Å². The topological polar surface area (TPSA) is 48.0 Å².